The van der Waals surface area contributed by atoms with E-state index in [1.165, 1.54) is 0 Å². The molecule has 1 unspecified atom stereocenters. The van der Waals surface area contributed by atoms with E-state index < -0.39 is 6.10 Å². The van der Waals surface area contributed by atoms with Gasteiger partial charge in [0.25, 0.3) is 0 Å². The van der Waals surface area contributed by atoms with Crippen molar-refractivity contribution >= 4 is 0 Å². The lowest BCUT2D eigenvalue weighted by Crippen LogP contribution is -2.16. The summed E-state index contributed by atoms with van der Waals surface area (Å²) in [6.45, 7) is 5.67. The minimum atomic E-state index is -0.468. The molecule has 0 aliphatic heterocycles. The molecule has 96 valence electrons. The van der Waals surface area contributed by atoms with Crippen LogP contribution >= 0.6 is 0 Å². The van der Waals surface area contributed by atoms with Crippen molar-refractivity contribution < 1.29 is 14.6 Å². The number of nitrogens with one attached hydrogen (secondary N) is 1. The number of aliphatic hydroxyl groups is 1. The Bertz CT molecular complexity index is 339. The largest absolute Gasteiger partial charge is 0.497 e. The zero-order valence-electron chi connectivity index (χ0n) is 10.7. The second-order valence-electron chi connectivity index (χ2n) is 3.91. The fourth-order valence-corrected chi connectivity index (χ4v) is 1.43. The number of benzene rings is 1. The molecule has 0 spiro atoms. The van der Waals surface area contributed by atoms with Crippen LogP contribution in [-0.2, 0) is 6.54 Å². The van der Waals surface area contributed by atoms with E-state index in [2.05, 4.69) is 12.2 Å². The van der Waals surface area contributed by atoms with Gasteiger partial charge in [0.05, 0.1) is 13.2 Å². The third kappa shape index (κ3) is 4.63. The Morgan fingerprint density at radius 3 is 2.76 bits per heavy atom. The molecule has 4 nitrogen and oxygen atoms in total. The van der Waals surface area contributed by atoms with E-state index in [1.54, 1.807) is 14.0 Å². The zero-order valence-corrected chi connectivity index (χ0v) is 10.7. The van der Waals surface area contributed by atoms with Crippen molar-refractivity contribution in [3.05, 3.63) is 23.8 Å². The van der Waals surface area contributed by atoms with Crippen LogP contribution in [0.15, 0.2) is 18.2 Å². The number of hydrogen-bond acceptors (Lipinski definition) is 4. The summed E-state index contributed by atoms with van der Waals surface area (Å²) < 4.78 is 10.7. The van der Waals surface area contributed by atoms with E-state index in [0.29, 0.717) is 6.61 Å². The van der Waals surface area contributed by atoms with Crippen molar-refractivity contribution in [3.8, 4) is 11.5 Å². The summed E-state index contributed by atoms with van der Waals surface area (Å²) in [6, 6.07) is 5.67. The second kappa shape index (κ2) is 7.14. The van der Waals surface area contributed by atoms with Crippen molar-refractivity contribution in [1.29, 1.82) is 0 Å². The van der Waals surface area contributed by atoms with Crippen molar-refractivity contribution in [3.63, 3.8) is 0 Å². The second-order valence-corrected chi connectivity index (χ2v) is 3.91. The zero-order chi connectivity index (χ0) is 12.7. The van der Waals surface area contributed by atoms with Gasteiger partial charge in [-0.05, 0) is 31.7 Å². The topological polar surface area (TPSA) is 50.7 Å². The summed E-state index contributed by atoms with van der Waals surface area (Å²) in [6.07, 6.45) is -0.468. The van der Waals surface area contributed by atoms with Gasteiger partial charge in [-0.2, -0.15) is 0 Å². The van der Waals surface area contributed by atoms with Gasteiger partial charge in [0.15, 0.2) is 0 Å². The van der Waals surface area contributed by atoms with Crippen molar-refractivity contribution in [1.82, 2.24) is 5.32 Å². The highest BCUT2D eigenvalue weighted by molar-refractivity contribution is 5.40. The molecule has 1 rings (SSSR count). The van der Waals surface area contributed by atoms with Gasteiger partial charge in [0.1, 0.15) is 18.1 Å². The van der Waals surface area contributed by atoms with Crippen LogP contribution in [0.2, 0.25) is 0 Å². The van der Waals surface area contributed by atoms with Crippen molar-refractivity contribution in [2.75, 3.05) is 20.3 Å². The molecule has 1 aromatic carbocycles. The number of methoxy groups -OCH3 is 1. The molecular formula is C13H21NO3. The Morgan fingerprint density at radius 1 is 1.41 bits per heavy atom. The standard InChI is InChI=1S/C13H21NO3/c1-4-14-8-11-7-12(16-3)5-6-13(11)17-9-10(2)15/h5-7,10,14-15H,4,8-9H2,1-3H3. The highest BCUT2D eigenvalue weighted by Crippen LogP contribution is 2.24. The van der Waals surface area contributed by atoms with Gasteiger partial charge in [-0.25, -0.2) is 0 Å². The van der Waals surface area contributed by atoms with E-state index in [0.717, 1.165) is 30.2 Å². The van der Waals surface area contributed by atoms with E-state index in [-0.39, 0.29) is 0 Å². The summed E-state index contributed by atoms with van der Waals surface area (Å²) in [5.41, 5.74) is 1.03. The highest BCUT2D eigenvalue weighted by Gasteiger charge is 2.06. The molecule has 2 N–H and O–H groups in total. The lowest BCUT2D eigenvalue weighted by atomic mass is 10.2. The molecule has 17 heavy (non-hydrogen) atoms. The maximum Gasteiger partial charge on any atom is 0.124 e. The fraction of sp³-hybridized carbons (Fsp3) is 0.538. The number of aliphatic hydroxyl groups excluding tert-OH is 1. The molecule has 1 aromatic rings. The van der Waals surface area contributed by atoms with Gasteiger partial charge >= 0.3 is 0 Å². The molecule has 0 saturated carbocycles. The summed E-state index contributed by atoms with van der Waals surface area (Å²) in [7, 11) is 1.64. The van der Waals surface area contributed by atoms with Gasteiger partial charge in [0.2, 0.25) is 0 Å². The molecule has 0 saturated heterocycles. The van der Waals surface area contributed by atoms with E-state index in [1.807, 2.05) is 18.2 Å². The van der Waals surface area contributed by atoms with Gasteiger partial charge in [0, 0.05) is 12.1 Å². The van der Waals surface area contributed by atoms with Gasteiger partial charge < -0.3 is 19.9 Å². The first-order valence-corrected chi connectivity index (χ1v) is 5.85. The van der Waals surface area contributed by atoms with Crippen LogP contribution in [0.5, 0.6) is 11.5 Å². The molecule has 0 aromatic heterocycles. The molecule has 1 atom stereocenters. The Hall–Kier alpha value is -1.26. The first-order valence-electron chi connectivity index (χ1n) is 5.85. The smallest absolute Gasteiger partial charge is 0.124 e. The van der Waals surface area contributed by atoms with Crippen LogP contribution in [-0.4, -0.2) is 31.5 Å². The van der Waals surface area contributed by atoms with Crippen LogP contribution in [0.1, 0.15) is 19.4 Å². The lowest BCUT2D eigenvalue weighted by Gasteiger charge is -2.14. The molecule has 0 aliphatic rings. The Labute approximate surface area is 103 Å². The van der Waals surface area contributed by atoms with E-state index >= 15 is 0 Å². The molecule has 0 radical (unpaired) electrons. The normalized spacial score (nSPS) is 12.2. The quantitative estimate of drug-likeness (QED) is 0.758. The predicted molar refractivity (Wildman–Crippen MR) is 67.6 cm³/mol. The minimum Gasteiger partial charge on any atom is -0.497 e. The molecule has 0 bridgehead atoms. The number of hydrogen-bond donors (Lipinski definition) is 2. The summed E-state index contributed by atoms with van der Waals surface area (Å²) in [5.74, 6) is 1.59. The van der Waals surface area contributed by atoms with Crippen molar-refractivity contribution in [2.24, 2.45) is 0 Å². The summed E-state index contributed by atoms with van der Waals surface area (Å²) in [4.78, 5) is 0. The SMILES string of the molecule is CCNCc1cc(OC)ccc1OCC(C)O. The Kier molecular flexibility index (Phi) is 5.80. The molecule has 4 heteroatoms. The van der Waals surface area contributed by atoms with Crippen LogP contribution in [0.4, 0.5) is 0 Å². The maximum absolute atomic E-state index is 9.22. The average molecular weight is 239 g/mol. The van der Waals surface area contributed by atoms with Crippen LogP contribution in [0, 0.1) is 0 Å². The van der Waals surface area contributed by atoms with Crippen LogP contribution in [0.3, 0.4) is 0 Å². The summed E-state index contributed by atoms with van der Waals surface area (Å²) in [5, 5.41) is 12.5. The van der Waals surface area contributed by atoms with Gasteiger partial charge in [-0.1, -0.05) is 6.92 Å². The molecule has 0 fully saturated rings. The van der Waals surface area contributed by atoms with E-state index in [4.69, 9.17) is 9.47 Å². The highest BCUT2D eigenvalue weighted by atomic mass is 16.5. The number of ether oxygens (including phenoxy) is 2. The third-order valence-electron chi connectivity index (χ3n) is 2.31. The number of rotatable bonds is 7. The summed E-state index contributed by atoms with van der Waals surface area (Å²) >= 11 is 0. The molecule has 0 amide bonds. The third-order valence-corrected chi connectivity index (χ3v) is 2.31. The first kappa shape index (κ1) is 13.8. The van der Waals surface area contributed by atoms with E-state index in [9.17, 15) is 5.11 Å². The fourth-order valence-electron chi connectivity index (χ4n) is 1.43. The maximum atomic E-state index is 9.22. The average Bonchev–Trinajstić information content (AvgIpc) is 2.34. The van der Waals surface area contributed by atoms with Gasteiger partial charge in [-0.3, -0.25) is 0 Å². The van der Waals surface area contributed by atoms with Crippen LogP contribution in [0.25, 0.3) is 0 Å². The van der Waals surface area contributed by atoms with Crippen LogP contribution < -0.4 is 14.8 Å². The van der Waals surface area contributed by atoms with Gasteiger partial charge in [-0.15, -0.1) is 0 Å². The Balaban J connectivity index is 2.78. The first-order chi connectivity index (χ1) is 8.17. The monoisotopic (exact) mass is 239 g/mol. The molecule has 0 heterocycles. The predicted octanol–water partition coefficient (Wildman–Crippen LogP) is 1.56. The lowest BCUT2D eigenvalue weighted by molar-refractivity contribution is 0.122. The minimum absolute atomic E-state index is 0.297. The van der Waals surface area contributed by atoms with Crippen molar-refractivity contribution in [2.45, 2.75) is 26.5 Å². The molecular weight excluding hydrogens is 218 g/mol. The Morgan fingerprint density at radius 2 is 2.18 bits per heavy atom. The molecule has 0 aliphatic carbocycles.